The molecule has 139 heavy (non-hydrogen) atoms. The molecule has 30 N–H and O–H groups in total. The summed E-state index contributed by atoms with van der Waals surface area (Å²) in [5, 5.41) is 65.2. The zero-order chi connectivity index (χ0) is 100. The van der Waals surface area contributed by atoms with Crippen LogP contribution in [0.25, 0.3) is 43.6 Å². The maximum Gasteiger partial charge on any atom is 0.326 e. The Morgan fingerprint density at radius 1 is 0.388 bits per heavy atom. The number of carboxylic acids is 1. The standard InChI is InChI=1S/C98H140N26O15/c1-6-57(4)83(112-58(5)125)93(135)120-76(47-56(2)3)88(130)115-71(33-15-18-40-99)84(126)113-72(34-16-19-41-100)87(129)121-79(50-61-54-110-69-31-13-9-27-65(61)69)94(136)123-45-23-39-82(123)92(134)119-78(49-60-53-109-68-30-12-8-26-64(60)68)90(132)122-80(51-62-55-111-70-32-14-10-28-66(62)70)95(137)124-46-24-38-81(124)91(133)118-77(48-59-52-108-67-29-11-7-25-63(59)67)89(131)116-73(36-21-43-106-97(102)103)85(127)114-74(37-22-44-107-98(104)105)86(128)117-75(96(138)139)35-17-20-42-101/h7-14,25-32,52-57,71-83,108-111H,6,15-24,33-51,99-101H2,1-5H3,(H,112,125)(H,113,126)(H,114,127)(H,115,130)(H,116,131)(H,117,128)(H,118,133)(H,119,134)(H,120,135)(H,121,129)(H,122,132)(H,138,139)(H4,102,103,106)(H4,104,105,107)/t57-,71-,72-,73-,74-,75-,76-,77-,78-,79-,80-,81-,82-,83-/m0/s1. The van der Waals surface area contributed by atoms with Crippen molar-refractivity contribution in [3.05, 3.63) is 144 Å². The third kappa shape index (κ3) is 30.8. The van der Waals surface area contributed by atoms with Crippen LogP contribution in [0.1, 0.15) is 179 Å². The van der Waals surface area contributed by atoms with E-state index in [1.807, 2.05) is 112 Å². The lowest BCUT2D eigenvalue weighted by Gasteiger charge is -2.32. The second-order valence-electron chi connectivity index (χ2n) is 36.6. The Hall–Kier alpha value is -14.0. The molecule has 2 fully saturated rings. The molecule has 8 aromatic rings. The Morgan fingerprint density at radius 3 is 1.00 bits per heavy atom. The number of hydrogen-bond acceptors (Lipinski definition) is 19. The second-order valence-corrected chi connectivity index (χ2v) is 36.6. The number of fused-ring (bicyclic) bond motifs is 4. The average Bonchev–Trinajstić information content (AvgIpc) is 1.72. The molecule has 14 atom stereocenters. The average molecular weight is 1920 g/mol. The van der Waals surface area contributed by atoms with Gasteiger partial charge < -0.3 is 133 Å². The molecule has 0 unspecified atom stereocenters. The summed E-state index contributed by atoms with van der Waals surface area (Å²) < 4.78 is 0. The van der Waals surface area contributed by atoms with Crippen molar-refractivity contribution in [3.63, 3.8) is 0 Å². The van der Waals surface area contributed by atoms with Crippen molar-refractivity contribution in [1.29, 1.82) is 10.8 Å². The van der Waals surface area contributed by atoms with Crippen LogP contribution in [0.3, 0.4) is 0 Å². The first-order valence-electron chi connectivity index (χ1n) is 48.4. The Morgan fingerprint density at radius 2 is 0.683 bits per heavy atom. The second kappa shape index (κ2) is 53.1. The lowest BCUT2D eigenvalue weighted by molar-refractivity contribution is -0.143. The monoisotopic (exact) mass is 1920 g/mol. The quantitative estimate of drug-likeness (QED) is 0.0148. The molecule has 4 aromatic heterocycles. The molecule has 6 heterocycles. The van der Waals surface area contributed by atoms with E-state index >= 15 is 33.6 Å². The molecule has 41 nitrogen and oxygen atoms in total. The maximum atomic E-state index is 16.1. The van der Waals surface area contributed by atoms with Gasteiger partial charge in [0, 0.05) is 127 Å². The highest BCUT2D eigenvalue weighted by Gasteiger charge is 2.45. The van der Waals surface area contributed by atoms with E-state index in [1.165, 1.54) is 16.7 Å². The summed E-state index contributed by atoms with van der Waals surface area (Å²) in [6.07, 6.45) is 10.1. The van der Waals surface area contributed by atoms with Crippen molar-refractivity contribution >= 4 is 138 Å². The van der Waals surface area contributed by atoms with Crippen LogP contribution >= 0.6 is 0 Å². The SMILES string of the molecule is CC[C@H](C)[C@H](NC(C)=O)C(=O)N[C@@H](CC(C)C)C(=O)N[C@@H](CCCCN)C(=O)N[C@@H](CCCCN)C(=O)N[C@@H](Cc1c[nH]c2ccccc12)C(=O)N1CCC[C@H]1C(=O)N[C@@H](Cc1c[nH]c2ccccc12)C(=O)N[C@@H](Cc1c[nH]c2ccccc12)C(=O)N1CCC[C@H]1C(=O)N[C@@H](Cc1c[nH]c2ccccc12)C(=O)N[C@@H](CCCNC(=N)N)C(=O)N[C@@H](CCCNC(=N)N)C(=O)N[C@@H](CCCCN)C(=O)O. The molecule has 0 radical (unpaired) electrons. The molecule has 41 heteroatoms. The summed E-state index contributed by atoms with van der Waals surface area (Å²) in [5.74, 6) is -12.0. The fourth-order valence-electron chi connectivity index (χ4n) is 18.1. The number of carboxylic acid groups (broad SMARTS) is 1. The summed E-state index contributed by atoms with van der Waals surface area (Å²) in [4.78, 5) is 223. The maximum absolute atomic E-state index is 16.1. The third-order valence-electron chi connectivity index (χ3n) is 25.7. The van der Waals surface area contributed by atoms with Gasteiger partial charge in [-0.3, -0.25) is 73.1 Å². The van der Waals surface area contributed by atoms with Gasteiger partial charge in [-0.2, -0.15) is 0 Å². The van der Waals surface area contributed by atoms with Gasteiger partial charge in [0.05, 0.1) is 0 Å². The zero-order valence-corrected chi connectivity index (χ0v) is 79.9. The van der Waals surface area contributed by atoms with Gasteiger partial charge in [0.1, 0.15) is 78.5 Å². The van der Waals surface area contributed by atoms with Crippen LogP contribution in [0, 0.1) is 22.7 Å². The molecular formula is C98H140N26O15. The number of aliphatic carboxylic acids is 1. The number of guanidine groups is 2. The van der Waals surface area contributed by atoms with Gasteiger partial charge in [0.2, 0.25) is 76.8 Å². The van der Waals surface area contributed by atoms with E-state index in [1.54, 1.807) is 37.8 Å². The lowest BCUT2D eigenvalue weighted by Crippen LogP contribution is -2.61. The summed E-state index contributed by atoms with van der Waals surface area (Å²) in [5.41, 5.74) is 34.1. The first-order chi connectivity index (χ1) is 66.8. The van der Waals surface area contributed by atoms with E-state index < -0.39 is 161 Å². The lowest BCUT2D eigenvalue weighted by atomic mass is 9.96. The number of benzene rings is 4. The van der Waals surface area contributed by atoms with Gasteiger partial charge in [-0.1, -0.05) is 107 Å². The van der Waals surface area contributed by atoms with Gasteiger partial charge in [0.15, 0.2) is 11.9 Å². The number of nitrogens with zero attached hydrogens (tertiary/aromatic N) is 2. The summed E-state index contributed by atoms with van der Waals surface area (Å²) >= 11 is 0. The van der Waals surface area contributed by atoms with Gasteiger partial charge in [0.25, 0.3) is 0 Å². The number of rotatable bonds is 56. The molecule has 2 saturated heterocycles. The van der Waals surface area contributed by atoms with Crippen LogP contribution < -0.4 is 97.8 Å². The fraction of sp³-hybridized carbons (Fsp3) is 0.510. The molecule has 4 aromatic carbocycles. The predicted molar refractivity (Wildman–Crippen MR) is 528 cm³/mol. The number of nitrogens with two attached hydrogens (primary N) is 5. The van der Waals surface area contributed by atoms with Gasteiger partial charge >= 0.3 is 5.97 Å². The number of aromatic amines is 4. The number of unbranched alkanes of at least 4 members (excludes halogenated alkanes) is 3. The van der Waals surface area contributed by atoms with Crippen molar-refractivity contribution in [2.45, 2.75) is 261 Å². The van der Waals surface area contributed by atoms with E-state index in [-0.39, 0.29) is 166 Å². The number of nitrogens with one attached hydrogen (secondary N) is 19. The summed E-state index contributed by atoms with van der Waals surface area (Å²) in [7, 11) is 0. The highest BCUT2D eigenvalue weighted by atomic mass is 16.4. The van der Waals surface area contributed by atoms with E-state index in [9.17, 15) is 38.7 Å². The van der Waals surface area contributed by atoms with Gasteiger partial charge in [-0.05, 0) is 194 Å². The van der Waals surface area contributed by atoms with E-state index in [2.05, 4.69) is 89.1 Å². The number of carbonyl (C=O) groups is 14. The summed E-state index contributed by atoms with van der Waals surface area (Å²) in [6, 6.07) is 11.8. The van der Waals surface area contributed by atoms with Crippen LogP contribution in [-0.2, 0) is 92.8 Å². The topological polar surface area (TPSA) is 663 Å². The Labute approximate surface area is 807 Å². The number of H-pyrrole nitrogens is 4. The number of carbonyl (C=O) groups excluding carboxylic acids is 13. The molecule has 2 aliphatic rings. The first kappa shape index (κ1) is 107. The number of hydrogen-bond donors (Lipinski definition) is 25. The van der Waals surface area contributed by atoms with Crippen molar-refractivity contribution in [1.82, 2.24) is 98.9 Å². The molecule has 752 valence electrons. The van der Waals surface area contributed by atoms with Crippen LogP contribution in [0.4, 0.5) is 0 Å². The predicted octanol–water partition coefficient (Wildman–Crippen LogP) is 2.31. The Kier molecular flexibility index (Phi) is 40.9. The van der Waals surface area contributed by atoms with Crippen LogP contribution in [0.15, 0.2) is 122 Å². The highest BCUT2D eigenvalue weighted by Crippen LogP contribution is 2.29. The Balaban J connectivity index is 0.937. The van der Waals surface area contributed by atoms with E-state index in [0.717, 1.165) is 10.9 Å². The van der Waals surface area contributed by atoms with Crippen LogP contribution in [-0.4, -0.2) is 254 Å². The van der Waals surface area contributed by atoms with Gasteiger partial charge in [-0.25, -0.2) is 4.79 Å². The summed E-state index contributed by atoms with van der Waals surface area (Å²) in [6.45, 7) is 9.62. The number of likely N-dealkylation sites (tertiary alicyclic amines) is 2. The minimum absolute atomic E-state index is 0.0126. The zero-order valence-electron chi connectivity index (χ0n) is 79.9. The number of amides is 13. The molecule has 0 bridgehead atoms. The third-order valence-corrected chi connectivity index (χ3v) is 25.7. The van der Waals surface area contributed by atoms with Gasteiger partial charge in [-0.15, -0.1) is 0 Å². The first-order valence-corrected chi connectivity index (χ1v) is 48.4. The van der Waals surface area contributed by atoms with Crippen molar-refractivity contribution in [2.24, 2.45) is 40.5 Å². The molecule has 10 rings (SSSR count). The molecule has 13 amide bonds. The highest BCUT2D eigenvalue weighted by molar-refractivity contribution is 6.02. The fourth-order valence-corrected chi connectivity index (χ4v) is 18.1. The van der Waals surface area contributed by atoms with Crippen LogP contribution in [0.5, 0.6) is 0 Å². The molecular weight excluding hydrogens is 1780 g/mol. The Bertz CT molecular complexity index is 5570. The van der Waals surface area contributed by atoms with Crippen molar-refractivity contribution < 1.29 is 72.2 Å². The van der Waals surface area contributed by atoms with Crippen LogP contribution in [0.2, 0.25) is 0 Å². The molecule has 0 spiro atoms. The minimum Gasteiger partial charge on any atom is -0.480 e. The molecule has 0 aliphatic carbocycles. The number of para-hydroxylation sites is 4. The largest absolute Gasteiger partial charge is 0.480 e. The van der Waals surface area contributed by atoms with Crippen molar-refractivity contribution in [3.8, 4) is 0 Å². The smallest absolute Gasteiger partial charge is 0.326 e. The normalized spacial score (nSPS) is 16.2. The minimum atomic E-state index is -1.50. The number of aromatic nitrogens is 4. The molecule has 0 saturated carbocycles. The van der Waals surface area contributed by atoms with E-state index in [4.69, 9.17) is 39.5 Å². The van der Waals surface area contributed by atoms with Crippen molar-refractivity contribution in [2.75, 3.05) is 45.8 Å². The van der Waals surface area contributed by atoms with E-state index in [0.29, 0.717) is 106 Å². The molecule has 2 aliphatic heterocycles.